The predicted octanol–water partition coefficient (Wildman–Crippen LogP) is 3.20. The van der Waals surface area contributed by atoms with E-state index in [4.69, 9.17) is 5.41 Å². The van der Waals surface area contributed by atoms with Gasteiger partial charge in [-0.15, -0.1) is 10.2 Å². The van der Waals surface area contributed by atoms with Gasteiger partial charge < -0.3 is 10.0 Å². The van der Waals surface area contributed by atoms with Crippen molar-refractivity contribution in [3.63, 3.8) is 0 Å². The Bertz CT molecular complexity index is 769. The number of hydrogen-bond acceptors (Lipinski definition) is 5. The third kappa shape index (κ3) is 5.40. The van der Waals surface area contributed by atoms with Crippen LogP contribution in [0.5, 0.6) is 0 Å². The predicted molar refractivity (Wildman–Crippen MR) is 110 cm³/mol. The average molecular weight is 399 g/mol. The maximum atomic E-state index is 11.9. The van der Waals surface area contributed by atoms with Crippen LogP contribution in [0.25, 0.3) is 0 Å². The number of nitrogens with zero attached hydrogens (tertiary/aromatic N) is 4. The summed E-state index contributed by atoms with van der Waals surface area (Å²) in [4.78, 5) is 14.0. The van der Waals surface area contributed by atoms with Crippen LogP contribution in [0.3, 0.4) is 0 Å². The van der Waals surface area contributed by atoms with E-state index in [-0.39, 0.29) is 5.92 Å². The normalized spacial score (nSPS) is 17.1. The van der Waals surface area contributed by atoms with Crippen molar-refractivity contribution < 1.29 is 9.90 Å². The molecule has 8 heteroatoms. The van der Waals surface area contributed by atoms with E-state index in [1.807, 2.05) is 4.90 Å². The number of carboxylic acid groups (broad SMARTS) is 1. The second-order valence-electron chi connectivity index (χ2n) is 7.85. The van der Waals surface area contributed by atoms with Crippen molar-refractivity contribution in [3.05, 3.63) is 41.2 Å². The highest BCUT2D eigenvalue weighted by Crippen LogP contribution is 2.32. The van der Waals surface area contributed by atoms with Crippen molar-refractivity contribution in [2.75, 3.05) is 13.1 Å². The van der Waals surface area contributed by atoms with E-state index in [1.165, 1.54) is 11.9 Å². The second kappa shape index (κ2) is 10.1. The SMILES string of the molecule is CCCC[C@H](C(=O)O)[C@H](Cc1ccc(C2CCN(C=N)CC2)cc1)c1nn[nH]n1. The van der Waals surface area contributed by atoms with E-state index in [2.05, 4.69) is 51.8 Å². The zero-order chi connectivity index (χ0) is 20.6. The number of benzene rings is 1. The minimum Gasteiger partial charge on any atom is -0.481 e. The maximum absolute atomic E-state index is 11.9. The molecule has 0 unspecified atom stereocenters. The number of aromatic nitrogens is 4. The molecule has 156 valence electrons. The third-order valence-corrected chi connectivity index (χ3v) is 5.98. The van der Waals surface area contributed by atoms with Gasteiger partial charge in [-0.3, -0.25) is 10.2 Å². The van der Waals surface area contributed by atoms with Crippen molar-refractivity contribution >= 4 is 12.3 Å². The summed E-state index contributed by atoms with van der Waals surface area (Å²) in [5, 5.41) is 31.5. The van der Waals surface area contributed by atoms with Gasteiger partial charge in [0, 0.05) is 19.0 Å². The molecule has 0 aliphatic carbocycles. The van der Waals surface area contributed by atoms with Crippen molar-refractivity contribution in [3.8, 4) is 0 Å². The molecule has 0 saturated carbocycles. The molecule has 0 radical (unpaired) electrons. The number of nitrogens with one attached hydrogen (secondary N) is 2. The van der Waals surface area contributed by atoms with Crippen LogP contribution in [0.4, 0.5) is 0 Å². The van der Waals surface area contributed by atoms with Gasteiger partial charge in [-0.05, 0) is 42.7 Å². The molecular weight excluding hydrogens is 368 g/mol. The van der Waals surface area contributed by atoms with Crippen molar-refractivity contribution in [2.24, 2.45) is 5.92 Å². The lowest BCUT2D eigenvalue weighted by Crippen LogP contribution is -2.31. The minimum absolute atomic E-state index is 0.306. The highest BCUT2D eigenvalue weighted by Gasteiger charge is 2.32. The molecule has 1 saturated heterocycles. The maximum Gasteiger partial charge on any atom is 0.307 e. The molecule has 29 heavy (non-hydrogen) atoms. The van der Waals surface area contributed by atoms with Gasteiger partial charge in [-0.25, -0.2) is 0 Å². The number of carbonyl (C=O) groups is 1. The molecule has 0 bridgehead atoms. The van der Waals surface area contributed by atoms with Crippen LogP contribution in [0, 0.1) is 11.3 Å². The summed E-state index contributed by atoms with van der Waals surface area (Å²) in [6, 6.07) is 8.53. The number of aliphatic carboxylic acids is 1. The molecule has 1 aliphatic rings. The number of H-pyrrole nitrogens is 1. The standard InChI is InChI=1S/C21H30N6O2/c1-2-3-4-18(21(28)29)19(20-23-25-26-24-20)13-15-5-7-16(8-6-15)17-9-11-27(14-22)12-10-17/h5-8,14,17-19,22H,2-4,9-13H2,1H3,(H,28,29)(H,23,24,25,26)/t18-,19-/m0/s1. The topological polar surface area (TPSA) is 119 Å². The second-order valence-corrected chi connectivity index (χ2v) is 7.85. The number of rotatable bonds is 10. The number of hydrogen-bond donors (Lipinski definition) is 3. The van der Waals surface area contributed by atoms with Gasteiger partial charge in [-0.2, -0.15) is 5.21 Å². The van der Waals surface area contributed by atoms with Crippen LogP contribution in [0.2, 0.25) is 0 Å². The Hall–Kier alpha value is -2.77. The van der Waals surface area contributed by atoms with Gasteiger partial charge >= 0.3 is 5.97 Å². The highest BCUT2D eigenvalue weighted by atomic mass is 16.4. The Morgan fingerprint density at radius 3 is 2.62 bits per heavy atom. The van der Waals surface area contributed by atoms with Gasteiger partial charge in [0.25, 0.3) is 0 Å². The molecule has 3 rings (SSSR count). The van der Waals surface area contributed by atoms with Crippen LogP contribution in [0.15, 0.2) is 24.3 Å². The van der Waals surface area contributed by atoms with Crippen molar-refractivity contribution in [2.45, 2.75) is 57.3 Å². The van der Waals surface area contributed by atoms with Gasteiger partial charge in [0.05, 0.1) is 12.3 Å². The van der Waals surface area contributed by atoms with E-state index in [9.17, 15) is 9.90 Å². The molecule has 3 N–H and O–H groups in total. The zero-order valence-electron chi connectivity index (χ0n) is 16.9. The number of tetrazole rings is 1. The molecule has 2 atom stereocenters. The monoisotopic (exact) mass is 398 g/mol. The smallest absolute Gasteiger partial charge is 0.307 e. The summed E-state index contributed by atoms with van der Waals surface area (Å²) in [6.07, 6.45) is 6.53. The fourth-order valence-corrected chi connectivity index (χ4v) is 4.20. The fourth-order valence-electron chi connectivity index (χ4n) is 4.20. The van der Waals surface area contributed by atoms with Crippen LogP contribution < -0.4 is 0 Å². The summed E-state index contributed by atoms with van der Waals surface area (Å²) < 4.78 is 0. The summed E-state index contributed by atoms with van der Waals surface area (Å²) in [7, 11) is 0. The molecule has 1 aromatic heterocycles. The first-order valence-corrected chi connectivity index (χ1v) is 10.4. The van der Waals surface area contributed by atoms with Crippen molar-refractivity contribution in [1.29, 1.82) is 5.41 Å². The molecule has 0 amide bonds. The number of carboxylic acids is 1. The van der Waals surface area contributed by atoms with E-state index < -0.39 is 11.9 Å². The third-order valence-electron chi connectivity index (χ3n) is 5.98. The highest BCUT2D eigenvalue weighted by molar-refractivity contribution is 5.71. The Kier molecular flexibility index (Phi) is 7.32. The van der Waals surface area contributed by atoms with Crippen LogP contribution in [-0.4, -0.2) is 56.0 Å². The van der Waals surface area contributed by atoms with Gasteiger partial charge in [0.1, 0.15) is 0 Å². The van der Waals surface area contributed by atoms with Gasteiger partial charge in [0.2, 0.25) is 0 Å². The van der Waals surface area contributed by atoms with Crippen LogP contribution in [0.1, 0.15) is 67.8 Å². The number of aromatic amines is 1. The molecule has 2 aromatic rings. The summed E-state index contributed by atoms with van der Waals surface area (Å²) >= 11 is 0. The largest absolute Gasteiger partial charge is 0.481 e. The van der Waals surface area contributed by atoms with Gasteiger partial charge in [-0.1, -0.05) is 49.2 Å². The number of unbranched alkanes of at least 4 members (excludes halogenated alkanes) is 1. The average Bonchev–Trinajstić information content (AvgIpc) is 3.28. The molecule has 1 aliphatic heterocycles. The zero-order valence-corrected chi connectivity index (χ0v) is 16.9. The van der Waals surface area contributed by atoms with E-state index in [1.54, 1.807) is 0 Å². The Morgan fingerprint density at radius 1 is 1.34 bits per heavy atom. The van der Waals surface area contributed by atoms with Crippen LogP contribution >= 0.6 is 0 Å². The molecule has 1 fully saturated rings. The first-order valence-electron chi connectivity index (χ1n) is 10.4. The molecule has 0 spiro atoms. The van der Waals surface area contributed by atoms with Crippen molar-refractivity contribution in [1.82, 2.24) is 25.5 Å². The lowest BCUT2D eigenvalue weighted by molar-refractivity contribution is -0.143. The van der Waals surface area contributed by atoms with E-state index in [0.29, 0.717) is 24.6 Å². The summed E-state index contributed by atoms with van der Waals surface area (Å²) in [6.45, 7) is 3.91. The minimum atomic E-state index is -0.803. The Labute approximate surface area is 171 Å². The van der Waals surface area contributed by atoms with Gasteiger partial charge in [0.15, 0.2) is 5.82 Å². The fraction of sp³-hybridized carbons (Fsp3) is 0.571. The molecule has 1 aromatic carbocycles. The lowest BCUT2D eigenvalue weighted by Gasteiger charge is -2.30. The van der Waals surface area contributed by atoms with E-state index in [0.717, 1.165) is 44.3 Å². The van der Waals surface area contributed by atoms with Crippen LogP contribution in [-0.2, 0) is 11.2 Å². The summed E-state index contributed by atoms with van der Waals surface area (Å²) in [5.41, 5.74) is 2.40. The molecule has 8 nitrogen and oxygen atoms in total. The first kappa shape index (κ1) is 21.0. The van der Waals surface area contributed by atoms with E-state index >= 15 is 0 Å². The number of likely N-dealkylation sites (tertiary alicyclic amines) is 1. The first-order chi connectivity index (χ1) is 14.1. The lowest BCUT2D eigenvalue weighted by atomic mass is 9.82. The Morgan fingerprint density at radius 2 is 2.07 bits per heavy atom. The number of piperidine rings is 1. The summed E-state index contributed by atoms with van der Waals surface area (Å²) in [5.74, 6) is -0.652. The quantitative estimate of drug-likeness (QED) is 0.418. The molecule has 2 heterocycles. The molecular formula is C21H30N6O2. The Balaban J connectivity index is 1.72.